The van der Waals surface area contributed by atoms with E-state index in [1.165, 1.54) is 0 Å². The summed E-state index contributed by atoms with van der Waals surface area (Å²) in [7, 11) is 1.79. The van der Waals surface area contributed by atoms with Gasteiger partial charge in [-0.2, -0.15) is 0 Å². The lowest BCUT2D eigenvalue weighted by Crippen LogP contribution is -2.62. The predicted octanol–water partition coefficient (Wildman–Crippen LogP) is 5.27. The second-order valence-corrected chi connectivity index (χ2v) is 12.5. The van der Waals surface area contributed by atoms with Gasteiger partial charge in [0.05, 0.1) is 10.7 Å². The van der Waals surface area contributed by atoms with E-state index in [4.69, 9.17) is 17.0 Å². The van der Waals surface area contributed by atoms with Gasteiger partial charge < -0.3 is 15.0 Å². The Hall–Kier alpha value is -3.26. The average molecular weight is 532 g/mol. The Balaban J connectivity index is 1.66. The van der Waals surface area contributed by atoms with E-state index < -0.39 is 34.0 Å². The molecule has 2 fully saturated rings. The van der Waals surface area contributed by atoms with Crippen molar-refractivity contribution in [3.05, 3.63) is 59.2 Å². The van der Waals surface area contributed by atoms with Gasteiger partial charge in [0, 0.05) is 23.7 Å². The zero-order valence-electron chi connectivity index (χ0n) is 22.5. The third-order valence-corrected chi connectivity index (χ3v) is 9.38. The number of carbonyl (C=O) groups excluding carboxylic acids is 3. The van der Waals surface area contributed by atoms with Gasteiger partial charge in [-0.25, -0.2) is 9.69 Å². The Morgan fingerprint density at radius 3 is 2.34 bits per heavy atom. The van der Waals surface area contributed by atoms with Crippen LogP contribution in [-0.2, 0) is 25.3 Å². The number of imide groups is 1. The quantitative estimate of drug-likeness (QED) is 0.467. The molecule has 6 rings (SSSR count). The SMILES string of the molecule is Cc1ccc2c(c1)[C@@]1(NC(=S)[C@]3(C(=O)N(C(=O)OC(C)(C)C)c4ccccc43)C13CCCCC3)C(=O)N2C. The van der Waals surface area contributed by atoms with Crippen molar-refractivity contribution in [3.8, 4) is 0 Å². The molecular formula is C30H33N3O4S. The summed E-state index contributed by atoms with van der Waals surface area (Å²) in [6.07, 6.45) is 3.23. The molecule has 0 unspecified atom stereocenters. The van der Waals surface area contributed by atoms with E-state index in [-0.39, 0.29) is 5.91 Å². The molecule has 3 spiro atoms. The van der Waals surface area contributed by atoms with Crippen LogP contribution in [0.15, 0.2) is 42.5 Å². The van der Waals surface area contributed by atoms with Gasteiger partial charge in [0.25, 0.3) is 11.8 Å². The molecule has 2 aromatic carbocycles. The van der Waals surface area contributed by atoms with E-state index in [0.29, 0.717) is 29.1 Å². The first-order chi connectivity index (χ1) is 17.9. The van der Waals surface area contributed by atoms with Crippen molar-refractivity contribution < 1.29 is 19.1 Å². The largest absolute Gasteiger partial charge is 0.443 e. The van der Waals surface area contributed by atoms with Crippen molar-refractivity contribution in [1.82, 2.24) is 5.32 Å². The normalized spacial score (nSPS) is 27.3. The number of likely N-dealkylation sites (N-methyl/N-ethyl adjacent to an activating group) is 1. The minimum absolute atomic E-state index is 0.111. The van der Waals surface area contributed by atoms with Crippen molar-refractivity contribution in [1.29, 1.82) is 0 Å². The van der Waals surface area contributed by atoms with Crippen molar-refractivity contribution in [2.24, 2.45) is 5.41 Å². The first-order valence-corrected chi connectivity index (χ1v) is 13.7. The monoisotopic (exact) mass is 531 g/mol. The highest BCUT2D eigenvalue weighted by Crippen LogP contribution is 2.70. The van der Waals surface area contributed by atoms with E-state index >= 15 is 0 Å². The number of aryl methyl sites for hydroxylation is 1. The lowest BCUT2D eigenvalue weighted by molar-refractivity contribution is -0.135. The summed E-state index contributed by atoms with van der Waals surface area (Å²) in [5, 5.41) is 3.51. The van der Waals surface area contributed by atoms with Crippen molar-refractivity contribution in [2.45, 2.75) is 76.4 Å². The van der Waals surface area contributed by atoms with Gasteiger partial charge in [0.1, 0.15) is 11.0 Å². The van der Waals surface area contributed by atoms with Crippen LogP contribution in [0.25, 0.3) is 0 Å². The molecule has 1 N–H and O–H groups in total. The summed E-state index contributed by atoms with van der Waals surface area (Å²) >= 11 is 6.13. The number of hydrogen-bond acceptors (Lipinski definition) is 5. The van der Waals surface area contributed by atoms with Crippen LogP contribution in [0.3, 0.4) is 0 Å². The minimum Gasteiger partial charge on any atom is -0.443 e. The van der Waals surface area contributed by atoms with E-state index in [0.717, 1.165) is 41.0 Å². The topological polar surface area (TPSA) is 79.0 Å². The average Bonchev–Trinajstić information content (AvgIpc) is 3.34. The summed E-state index contributed by atoms with van der Waals surface area (Å²) in [6.45, 7) is 7.34. The lowest BCUT2D eigenvalue weighted by Gasteiger charge is -2.50. The van der Waals surface area contributed by atoms with Gasteiger partial charge in [-0.3, -0.25) is 9.59 Å². The molecule has 1 saturated heterocycles. The van der Waals surface area contributed by atoms with Crippen LogP contribution >= 0.6 is 12.2 Å². The molecule has 2 aromatic rings. The number of nitrogens with one attached hydrogen (secondary N) is 1. The fourth-order valence-corrected chi connectivity index (χ4v) is 8.18. The number of anilines is 2. The maximum absolute atomic E-state index is 14.9. The van der Waals surface area contributed by atoms with Gasteiger partial charge in [-0.1, -0.05) is 67.4 Å². The molecule has 4 aliphatic rings. The first kappa shape index (κ1) is 25.0. The van der Waals surface area contributed by atoms with E-state index in [1.54, 1.807) is 38.8 Å². The fourth-order valence-electron chi connectivity index (χ4n) is 7.64. The maximum atomic E-state index is 14.9. The van der Waals surface area contributed by atoms with E-state index in [9.17, 15) is 14.4 Å². The molecule has 2 atom stereocenters. The highest BCUT2D eigenvalue weighted by molar-refractivity contribution is 7.80. The zero-order chi connectivity index (χ0) is 27.3. The summed E-state index contributed by atoms with van der Waals surface area (Å²) in [5.74, 6) is -0.541. The molecule has 3 amide bonds. The van der Waals surface area contributed by atoms with Gasteiger partial charge in [0.15, 0.2) is 5.54 Å². The van der Waals surface area contributed by atoms with Crippen molar-refractivity contribution >= 4 is 46.5 Å². The Kier molecular flexibility index (Phi) is 5.19. The van der Waals surface area contributed by atoms with Crippen LogP contribution in [0.5, 0.6) is 0 Å². The molecule has 198 valence electrons. The maximum Gasteiger partial charge on any atom is 0.421 e. The number of rotatable bonds is 0. The number of carbonyl (C=O) groups is 3. The number of hydrogen-bond donors (Lipinski definition) is 1. The number of thiocarbonyl (C=S) groups is 1. The Labute approximate surface area is 228 Å². The number of amides is 3. The molecule has 7 nitrogen and oxygen atoms in total. The highest BCUT2D eigenvalue weighted by Gasteiger charge is 2.81. The van der Waals surface area contributed by atoms with Crippen LogP contribution < -0.4 is 15.1 Å². The standard InChI is InChI=1S/C30H33N3O4S/c1-18-13-14-21-20(17-18)30(25(35)32(21)5)28(15-9-6-10-16-28)29(23(38)31-30)19-11-7-8-12-22(19)33(24(29)34)26(36)37-27(2,3)4/h7-8,11-14,17H,6,9-10,15-16H2,1-5H3,(H,31,38)/t29-,30-/m1/s1. The van der Waals surface area contributed by atoms with Crippen molar-refractivity contribution in [3.63, 3.8) is 0 Å². The second kappa shape index (κ2) is 7.88. The molecule has 0 aromatic heterocycles. The van der Waals surface area contributed by atoms with Crippen LogP contribution in [0.4, 0.5) is 16.2 Å². The number of benzene rings is 2. The van der Waals surface area contributed by atoms with Gasteiger partial charge in [0.2, 0.25) is 0 Å². The predicted molar refractivity (Wildman–Crippen MR) is 149 cm³/mol. The summed E-state index contributed by atoms with van der Waals surface area (Å²) in [5.41, 5.74) is -0.437. The Morgan fingerprint density at radius 1 is 0.974 bits per heavy atom. The number of fused-ring (bicyclic) bond motifs is 6. The number of ether oxygens (including phenoxy) is 1. The van der Waals surface area contributed by atoms with Gasteiger partial charge in [-0.15, -0.1) is 0 Å². The Bertz CT molecular complexity index is 1420. The zero-order valence-corrected chi connectivity index (χ0v) is 23.3. The molecular weight excluding hydrogens is 498 g/mol. The van der Waals surface area contributed by atoms with Gasteiger partial charge >= 0.3 is 6.09 Å². The third kappa shape index (κ3) is 2.79. The fraction of sp³-hybridized carbons (Fsp3) is 0.467. The van der Waals surface area contributed by atoms with Crippen LogP contribution in [0.1, 0.15) is 69.6 Å². The van der Waals surface area contributed by atoms with E-state index in [1.807, 2.05) is 37.3 Å². The third-order valence-electron chi connectivity index (χ3n) is 8.98. The number of para-hydroxylation sites is 1. The molecule has 0 bridgehead atoms. The number of nitrogens with zero attached hydrogens (tertiary/aromatic N) is 2. The lowest BCUT2D eigenvalue weighted by atomic mass is 9.49. The summed E-state index contributed by atoms with van der Waals surface area (Å²) < 4.78 is 5.72. The van der Waals surface area contributed by atoms with Gasteiger partial charge in [-0.05, 0) is 58.2 Å². The smallest absolute Gasteiger partial charge is 0.421 e. The van der Waals surface area contributed by atoms with E-state index in [2.05, 4.69) is 11.4 Å². The van der Waals surface area contributed by atoms with Crippen LogP contribution in [0, 0.1) is 12.3 Å². The van der Waals surface area contributed by atoms with Crippen molar-refractivity contribution in [2.75, 3.05) is 16.8 Å². The summed E-state index contributed by atoms with van der Waals surface area (Å²) in [4.78, 5) is 46.1. The molecule has 8 heteroatoms. The molecule has 3 heterocycles. The van der Waals surface area contributed by atoms with Crippen LogP contribution in [0.2, 0.25) is 0 Å². The minimum atomic E-state index is -1.38. The molecule has 1 aliphatic carbocycles. The molecule has 3 aliphatic heterocycles. The highest BCUT2D eigenvalue weighted by atomic mass is 32.1. The second-order valence-electron chi connectivity index (χ2n) is 12.1. The Morgan fingerprint density at radius 2 is 1.66 bits per heavy atom. The van der Waals surface area contributed by atoms with Crippen LogP contribution in [-0.4, -0.2) is 35.5 Å². The molecule has 0 radical (unpaired) electrons. The molecule has 1 saturated carbocycles. The summed E-state index contributed by atoms with van der Waals surface area (Å²) in [6, 6.07) is 13.4. The first-order valence-electron chi connectivity index (χ1n) is 13.3. The molecule has 38 heavy (non-hydrogen) atoms.